The van der Waals surface area contributed by atoms with Crippen LogP contribution in [0.4, 0.5) is 5.69 Å². The highest BCUT2D eigenvalue weighted by Gasteiger charge is 2.13. The lowest BCUT2D eigenvalue weighted by Gasteiger charge is -2.05. The minimum absolute atomic E-state index is 0.0411. The predicted molar refractivity (Wildman–Crippen MR) is 82.1 cm³/mol. The maximum absolute atomic E-state index is 12.0. The number of thiazole rings is 1. The average molecular weight is 325 g/mol. The fraction of sp³-hybridized carbons (Fsp3) is 0.231. The molecule has 0 saturated heterocycles. The molecule has 8 heteroatoms. The molecule has 0 aliphatic rings. The molecular weight excluding hydrogens is 310 g/mol. The molecule has 3 N–H and O–H groups in total. The minimum Gasteiger partial charge on any atom is -0.325 e. The topological polar surface area (TPSA) is 102 Å². The summed E-state index contributed by atoms with van der Waals surface area (Å²) >= 11 is 1.32. The molecule has 6 nitrogen and oxygen atoms in total. The number of hydrogen-bond acceptors (Lipinski definition) is 6. The summed E-state index contributed by atoms with van der Waals surface area (Å²) in [5.74, 6) is -0.309. The molecule has 0 radical (unpaired) electrons. The first kappa shape index (κ1) is 15.6. The van der Waals surface area contributed by atoms with Crippen LogP contribution in [0.2, 0.25) is 0 Å². The molecule has 21 heavy (non-hydrogen) atoms. The van der Waals surface area contributed by atoms with Crippen LogP contribution in [0.15, 0.2) is 34.5 Å². The maximum atomic E-state index is 12.0. The van der Waals surface area contributed by atoms with Gasteiger partial charge in [0.1, 0.15) is 10.7 Å². The van der Waals surface area contributed by atoms with Gasteiger partial charge < -0.3 is 11.1 Å². The third-order valence-corrected chi connectivity index (χ3v) is 5.43. The van der Waals surface area contributed by atoms with Crippen molar-refractivity contribution >= 4 is 32.8 Å². The Morgan fingerprint density at radius 1 is 1.33 bits per heavy atom. The van der Waals surface area contributed by atoms with Crippen molar-refractivity contribution in [2.24, 2.45) is 5.73 Å². The molecule has 2 aromatic rings. The third kappa shape index (κ3) is 3.66. The zero-order valence-electron chi connectivity index (χ0n) is 11.4. The van der Waals surface area contributed by atoms with Gasteiger partial charge in [0.2, 0.25) is 0 Å². The van der Waals surface area contributed by atoms with Crippen LogP contribution in [-0.2, 0) is 16.4 Å². The van der Waals surface area contributed by atoms with Crippen molar-refractivity contribution in [3.8, 4) is 0 Å². The second-order valence-electron chi connectivity index (χ2n) is 4.21. The Kier molecular flexibility index (Phi) is 4.71. The molecule has 0 unspecified atom stereocenters. The first-order chi connectivity index (χ1) is 9.96. The van der Waals surface area contributed by atoms with Crippen LogP contribution in [0.1, 0.15) is 22.4 Å². The number of hydrogen-bond donors (Lipinski definition) is 2. The molecule has 1 aromatic carbocycles. The fourth-order valence-corrected chi connectivity index (χ4v) is 3.16. The number of rotatable bonds is 5. The monoisotopic (exact) mass is 325 g/mol. The molecule has 1 aromatic heterocycles. The molecule has 0 atom stereocenters. The van der Waals surface area contributed by atoms with Gasteiger partial charge in [0.25, 0.3) is 5.91 Å². The first-order valence-electron chi connectivity index (χ1n) is 6.25. The van der Waals surface area contributed by atoms with Crippen molar-refractivity contribution in [2.75, 3.05) is 11.1 Å². The van der Waals surface area contributed by atoms with Crippen molar-refractivity contribution in [3.05, 3.63) is 40.3 Å². The zero-order valence-corrected chi connectivity index (χ0v) is 13.0. The van der Waals surface area contributed by atoms with Gasteiger partial charge in [0, 0.05) is 17.6 Å². The fourth-order valence-electron chi connectivity index (χ4n) is 1.62. The summed E-state index contributed by atoms with van der Waals surface area (Å²) in [5.41, 5.74) is 6.25. The van der Waals surface area contributed by atoms with Gasteiger partial charge in [-0.2, -0.15) is 0 Å². The van der Waals surface area contributed by atoms with Gasteiger partial charge in [0.05, 0.1) is 10.6 Å². The number of carbonyl (C=O) groups excluding carboxylic acids is 1. The van der Waals surface area contributed by atoms with E-state index in [1.54, 1.807) is 24.4 Å². The number of amides is 1. The van der Waals surface area contributed by atoms with Gasteiger partial charge in [-0.25, -0.2) is 13.4 Å². The number of nitrogens with two attached hydrogens (primary N) is 1. The third-order valence-electron chi connectivity index (χ3n) is 2.81. The zero-order chi connectivity index (χ0) is 15.5. The van der Waals surface area contributed by atoms with E-state index in [1.807, 2.05) is 0 Å². The Balaban J connectivity index is 2.11. The number of nitrogens with one attached hydrogen (secondary N) is 1. The van der Waals surface area contributed by atoms with E-state index < -0.39 is 9.84 Å². The van der Waals surface area contributed by atoms with E-state index in [-0.39, 0.29) is 16.6 Å². The number of benzene rings is 1. The van der Waals surface area contributed by atoms with Crippen molar-refractivity contribution < 1.29 is 13.2 Å². The van der Waals surface area contributed by atoms with Gasteiger partial charge in [0.15, 0.2) is 9.84 Å². The van der Waals surface area contributed by atoms with E-state index in [2.05, 4.69) is 10.3 Å². The summed E-state index contributed by atoms with van der Waals surface area (Å²) in [6, 6.07) is 6.05. The maximum Gasteiger partial charge on any atom is 0.275 e. The van der Waals surface area contributed by atoms with E-state index >= 15 is 0 Å². The van der Waals surface area contributed by atoms with Crippen LogP contribution < -0.4 is 11.1 Å². The lowest BCUT2D eigenvalue weighted by Crippen LogP contribution is -2.13. The van der Waals surface area contributed by atoms with E-state index in [9.17, 15) is 13.2 Å². The van der Waals surface area contributed by atoms with Gasteiger partial charge in [-0.05, 0) is 24.3 Å². The number of sulfone groups is 1. The molecular formula is C13H15N3O3S2. The van der Waals surface area contributed by atoms with E-state index in [0.717, 1.165) is 0 Å². The summed E-state index contributed by atoms with van der Waals surface area (Å²) in [4.78, 5) is 16.3. The molecule has 112 valence electrons. The van der Waals surface area contributed by atoms with E-state index in [1.165, 1.54) is 23.5 Å². The number of carbonyl (C=O) groups is 1. The molecule has 1 amide bonds. The van der Waals surface area contributed by atoms with Crippen molar-refractivity contribution in [2.45, 2.75) is 18.4 Å². The summed E-state index contributed by atoms with van der Waals surface area (Å²) in [5, 5.41) is 4.98. The van der Waals surface area contributed by atoms with Gasteiger partial charge in [-0.1, -0.05) is 6.92 Å². The molecule has 0 fully saturated rings. The molecule has 2 rings (SSSR count). The summed E-state index contributed by atoms with van der Waals surface area (Å²) in [6.07, 6.45) is 0. The predicted octanol–water partition coefficient (Wildman–Crippen LogP) is 1.65. The number of aromatic nitrogens is 1. The second kappa shape index (κ2) is 6.33. The quantitative estimate of drug-likeness (QED) is 0.870. The Labute approximate surface area is 126 Å². The normalized spacial score (nSPS) is 11.3. The summed E-state index contributed by atoms with van der Waals surface area (Å²) in [6.45, 7) is 1.88. The highest BCUT2D eigenvalue weighted by molar-refractivity contribution is 7.91. The van der Waals surface area contributed by atoms with Gasteiger partial charge >= 0.3 is 0 Å². The van der Waals surface area contributed by atoms with E-state index in [0.29, 0.717) is 22.9 Å². The smallest absolute Gasteiger partial charge is 0.275 e. The van der Waals surface area contributed by atoms with Crippen LogP contribution in [0.25, 0.3) is 0 Å². The number of anilines is 1. The van der Waals surface area contributed by atoms with Crippen molar-refractivity contribution in [3.63, 3.8) is 0 Å². The summed E-state index contributed by atoms with van der Waals surface area (Å²) < 4.78 is 23.4. The largest absolute Gasteiger partial charge is 0.325 e. The molecule has 0 aliphatic heterocycles. The SMILES string of the molecule is CCS(=O)(=O)c1ccc(NC(=O)c2csc(CN)n2)cc1. The number of nitrogens with zero attached hydrogens (tertiary/aromatic N) is 1. The Bertz CT molecular complexity index is 736. The molecule has 0 spiro atoms. The van der Waals surface area contributed by atoms with Gasteiger partial charge in [-0.3, -0.25) is 4.79 Å². The molecule has 0 saturated carbocycles. The molecule has 0 bridgehead atoms. The van der Waals surface area contributed by atoms with Crippen LogP contribution in [-0.4, -0.2) is 25.1 Å². The molecule has 0 aliphatic carbocycles. The lowest BCUT2D eigenvalue weighted by molar-refractivity contribution is 0.102. The van der Waals surface area contributed by atoms with Crippen LogP contribution >= 0.6 is 11.3 Å². The van der Waals surface area contributed by atoms with Crippen LogP contribution in [0, 0.1) is 0 Å². The van der Waals surface area contributed by atoms with Crippen molar-refractivity contribution in [1.82, 2.24) is 4.98 Å². The standard InChI is InChI=1S/C13H15N3O3S2/c1-2-21(18,19)10-5-3-9(4-6-10)15-13(17)11-8-20-12(7-14)16-11/h3-6,8H,2,7,14H2,1H3,(H,15,17). The Hall–Kier alpha value is -1.77. The highest BCUT2D eigenvalue weighted by Crippen LogP contribution is 2.16. The second-order valence-corrected chi connectivity index (χ2v) is 7.43. The Morgan fingerprint density at radius 3 is 2.52 bits per heavy atom. The van der Waals surface area contributed by atoms with E-state index in [4.69, 9.17) is 5.73 Å². The van der Waals surface area contributed by atoms with Crippen LogP contribution in [0.3, 0.4) is 0 Å². The lowest BCUT2D eigenvalue weighted by atomic mass is 10.3. The van der Waals surface area contributed by atoms with Gasteiger partial charge in [-0.15, -0.1) is 11.3 Å². The first-order valence-corrected chi connectivity index (χ1v) is 8.78. The summed E-state index contributed by atoms with van der Waals surface area (Å²) in [7, 11) is -3.23. The molecule has 1 heterocycles. The minimum atomic E-state index is -3.23. The highest BCUT2D eigenvalue weighted by atomic mass is 32.2. The van der Waals surface area contributed by atoms with Crippen molar-refractivity contribution in [1.29, 1.82) is 0 Å². The Morgan fingerprint density at radius 2 is 2.00 bits per heavy atom. The van der Waals surface area contributed by atoms with Crippen LogP contribution in [0.5, 0.6) is 0 Å². The average Bonchev–Trinajstić information content (AvgIpc) is 2.97.